The molecule has 0 aromatic rings. The summed E-state index contributed by atoms with van der Waals surface area (Å²) in [5.41, 5.74) is 0. The van der Waals surface area contributed by atoms with Gasteiger partial charge in [0.25, 0.3) is 0 Å². The second kappa shape index (κ2) is 36.0. The molecule has 0 bridgehead atoms. The Balaban J connectivity index is 3.76. The number of hydrogen-bond acceptors (Lipinski definition) is 4. The largest absolute Gasteiger partial charge is 0.395 e. The molecule has 0 rings (SSSR count). The third-order valence-electron chi connectivity index (χ3n) is 8.74. The summed E-state index contributed by atoms with van der Waals surface area (Å²) in [5.74, 6) is 0. The zero-order valence-corrected chi connectivity index (χ0v) is 28.3. The fraction of sp³-hybridized carbons (Fsp3) is 1.00. The van der Waals surface area contributed by atoms with E-state index in [2.05, 4.69) is 19.2 Å². The highest BCUT2D eigenvalue weighted by Crippen LogP contribution is 2.17. The highest BCUT2D eigenvalue weighted by atomic mass is 16.5. The standard InChI is InChI=1S/C37H77NO3/c1-3-5-7-9-11-13-15-17-19-21-23-25-27-29-31-37(36(40)35-38-32-33-39)41-34-30-28-26-24-22-20-18-16-14-12-10-8-6-4-2/h36-40H,3-35H2,1-2H3. The Hall–Kier alpha value is -0.160. The molecule has 0 heterocycles. The lowest BCUT2D eigenvalue weighted by Crippen LogP contribution is -2.39. The first kappa shape index (κ1) is 40.8. The van der Waals surface area contributed by atoms with Crippen molar-refractivity contribution in [3.63, 3.8) is 0 Å². The van der Waals surface area contributed by atoms with Gasteiger partial charge in [-0.1, -0.05) is 187 Å². The minimum absolute atomic E-state index is 0.0829. The van der Waals surface area contributed by atoms with Crippen molar-refractivity contribution in [3.05, 3.63) is 0 Å². The first-order chi connectivity index (χ1) is 20.3. The van der Waals surface area contributed by atoms with Crippen LogP contribution in [0.2, 0.25) is 0 Å². The molecule has 3 N–H and O–H groups in total. The average Bonchev–Trinajstić information content (AvgIpc) is 2.98. The monoisotopic (exact) mass is 584 g/mol. The maximum absolute atomic E-state index is 10.7. The van der Waals surface area contributed by atoms with E-state index in [1.165, 1.54) is 167 Å². The fourth-order valence-corrected chi connectivity index (χ4v) is 5.92. The molecular formula is C37H77NO3. The van der Waals surface area contributed by atoms with Gasteiger partial charge in [-0.25, -0.2) is 0 Å². The molecule has 0 aliphatic carbocycles. The number of unbranched alkanes of at least 4 members (excludes halogenated alkanes) is 26. The van der Waals surface area contributed by atoms with Crippen molar-refractivity contribution in [2.75, 3.05) is 26.3 Å². The van der Waals surface area contributed by atoms with Crippen LogP contribution in [-0.4, -0.2) is 48.7 Å². The van der Waals surface area contributed by atoms with Crippen LogP contribution in [0.3, 0.4) is 0 Å². The topological polar surface area (TPSA) is 61.7 Å². The quantitative estimate of drug-likeness (QED) is 0.0642. The summed E-state index contributed by atoms with van der Waals surface area (Å²) in [6, 6.07) is 0. The van der Waals surface area contributed by atoms with Gasteiger partial charge < -0.3 is 20.3 Å². The lowest BCUT2D eigenvalue weighted by molar-refractivity contribution is -0.0427. The highest BCUT2D eigenvalue weighted by molar-refractivity contribution is 4.72. The van der Waals surface area contributed by atoms with Gasteiger partial charge in [-0.15, -0.1) is 0 Å². The molecule has 0 saturated carbocycles. The Morgan fingerprint density at radius 1 is 0.488 bits per heavy atom. The van der Waals surface area contributed by atoms with Crippen LogP contribution < -0.4 is 5.32 Å². The average molecular weight is 584 g/mol. The van der Waals surface area contributed by atoms with E-state index in [0.29, 0.717) is 13.1 Å². The van der Waals surface area contributed by atoms with Gasteiger partial charge in [-0.3, -0.25) is 0 Å². The van der Waals surface area contributed by atoms with E-state index in [4.69, 9.17) is 9.84 Å². The van der Waals surface area contributed by atoms with Crippen molar-refractivity contribution >= 4 is 0 Å². The number of aliphatic hydroxyl groups is 2. The van der Waals surface area contributed by atoms with Crippen molar-refractivity contribution in [1.29, 1.82) is 0 Å². The van der Waals surface area contributed by atoms with Crippen LogP contribution in [0.15, 0.2) is 0 Å². The van der Waals surface area contributed by atoms with Crippen LogP contribution in [0.4, 0.5) is 0 Å². The summed E-state index contributed by atoms with van der Waals surface area (Å²) in [5, 5.41) is 22.9. The molecule has 0 spiro atoms. The Bertz CT molecular complexity index is 461. The predicted molar refractivity (Wildman–Crippen MR) is 181 cm³/mol. The van der Waals surface area contributed by atoms with Gasteiger partial charge in [0.2, 0.25) is 0 Å². The summed E-state index contributed by atoms with van der Waals surface area (Å²) < 4.78 is 6.20. The molecule has 0 aliphatic rings. The number of ether oxygens (including phenoxy) is 1. The number of rotatable bonds is 36. The second-order valence-electron chi connectivity index (χ2n) is 12.9. The first-order valence-electron chi connectivity index (χ1n) is 18.9. The maximum atomic E-state index is 10.7. The van der Waals surface area contributed by atoms with E-state index < -0.39 is 6.10 Å². The minimum Gasteiger partial charge on any atom is -0.395 e. The van der Waals surface area contributed by atoms with Crippen LogP contribution in [0, 0.1) is 0 Å². The Labute approximate surface area is 258 Å². The van der Waals surface area contributed by atoms with Gasteiger partial charge in [0, 0.05) is 19.7 Å². The van der Waals surface area contributed by atoms with Crippen molar-refractivity contribution < 1.29 is 14.9 Å². The first-order valence-corrected chi connectivity index (χ1v) is 18.9. The maximum Gasteiger partial charge on any atom is 0.0925 e. The smallest absolute Gasteiger partial charge is 0.0925 e. The van der Waals surface area contributed by atoms with E-state index >= 15 is 0 Å². The molecule has 0 aliphatic heterocycles. The minimum atomic E-state index is -0.491. The molecule has 0 aromatic heterocycles. The fourth-order valence-electron chi connectivity index (χ4n) is 5.92. The zero-order valence-electron chi connectivity index (χ0n) is 28.3. The number of nitrogens with one attached hydrogen (secondary N) is 1. The van der Waals surface area contributed by atoms with Gasteiger partial charge in [0.15, 0.2) is 0 Å². The zero-order chi connectivity index (χ0) is 29.9. The Morgan fingerprint density at radius 3 is 1.20 bits per heavy atom. The van der Waals surface area contributed by atoms with Crippen molar-refractivity contribution in [2.24, 2.45) is 0 Å². The molecule has 41 heavy (non-hydrogen) atoms. The molecule has 248 valence electrons. The van der Waals surface area contributed by atoms with Gasteiger partial charge in [0.05, 0.1) is 18.8 Å². The van der Waals surface area contributed by atoms with E-state index in [1.54, 1.807) is 0 Å². The third kappa shape index (κ3) is 32.6. The van der Waals surface area contributed by atoms with Crippen molar-refractivity contribution in [3.8, 4) is 0 Å². The van der Waals surface area contributed by atoms with Crippen LogP contribution >= 0.6 is 0 Å². The van der Waals surface area contributed by atoms with Crippen LogP contribution in [-0.2, 0) is 4.74 Å². The van der Waals surface area contributed by atoms with E-state index in [1.807, 2.05) is 0 Å². The summed E-state index contributed by atoms with van der Waals surface area (Å²) in [6.07, 6.45) is 38.6. The number of aliphatic hydroxyl groups excluding tert-OH is 2. The molecule has 4 heteroatoms. The molecule has 0 amide bonds. The van der Waals surface area contributed by atoms with E-state index in [0.717, 1.165) is 25.9 Å². The number of hydrogen-bond donors (Lipinski definition) is 3. The molecular weight excluding hydrogens is 506 g/mol. The molecule has 0 saturated heterocycles. The van der Waals surface area contributed by atoms with Gasteiger partial charge in [0.1, 0.15) is 0 Å². The third-order valence-corrected chi connectivity index (χ3v) is 8.74. The SMILES string of the molecule is CCCCCCCCCCCCCCCCOC(CCCCCCCCCCCCCCCC)C(O)CNCCO. The second-order valence-corrected chi connectivity index (χ2v) is 12.9. The van der Waals surface area contributed by atoms with Crippen LogP contribution in [0.1, 0.15) is 200 Å². The predicted octanol–water partition coefficient (Wildman–Crippen LogP) is 10.7. The summed E-state index contributed by atoms with van der Waals surface area (Å²) in [7, 11) is 0. The highest BCUT2D eigenvalue weighted by Gasteiger charge is 2.19. The Kier molecular flexibility index (Phi) is 35.9. The lowest BCUT2D eigenvalue weighted by Gasteiger charge is -2.24. The summed E-state index contributed by atoms with van der Waals surface area (Å²) >= 11 is 0. The van der Waals surface area contributed by atoms with Crippen molar-refractivity contribution in [2.45, 2.75) is 212 Å². The molecule has 2 atom stereocenters. The van der Waals surface area contributed by atoms with Crippen LogP contribution in [0.5, 0.6) is 0 Å². The molecule has 0 radical (unpaired) electrons. The van der Waals surface area contributed by atoms with Gasteiger partial charge in [-0.05, 0) is 12.8 Å². The van der Waals surface area contributed by atoms with E-state index in [-0.39, 0.29) is 12.7 Å². The normalized spacial score (nSPS) is 13.2. The summed E-state index contributed by atoms with van der Waals surface area (Å²) in [4.78, 5) is 0. The van der Waals surface area contributed by atoms with Gasteiger partial charge in [-0.2, -0.15) is 0 Å². The Morgan fingerprint density at radius 2 is 0.829 bits per heavy atom. The molecule has 4 nitrogen and oxygen atoms in total. The van der Waals surface area contributed by atoms with Crippen LogP contribution in [0.25, 0.3) is 0 Å². The van der Waals surface area contributed by atoms with Crippen molar-refractivity contribution in [1.82, 2.24) is 5.32 Å². The van der Waals surface area contributed by atoms with E-state index in [9.17, 15) is 5.11 Å². The molecule has 2 unspecified atom stereocenters. The lowest BCUT2D eigenvalue weighted by atomic mass is 10.0. The summed E-state index contributed by atoms with van der Waals surface area (Å²) in [6.45, 7) is 6.48. The van der Waals surface area contributed by atoms with Gasteiger partial charge >= 0.3 is 0 Å². The molecule has 0 aromatic carbocycles. The molecule has 0 fully saturated rings.